The third-order valence-corrected chi connectivity index (χ3v) is 5.85. The molecule has 2 aromatic rings. The Morgan fingerprint density at radius 3 is 2.48 bits per heavy atom. The Kier molecular flexibility index (Phi) is 4.79. The molecule has 1 amide bonds. The number of hydrogen-bond acceptors (Lipinski definition) is 4. The van der Waals surface area contributed by atoms with Gasteiger partial charge in [0.25, 0.3) is 0 Å². The van der Waals surface area contributed by atoms with Gasteiger partial charge >= 0.3 is 6.09 Å². The van der Waals surface area contributed by atoms with Crippen LogP contribution in [0.1, 0.15) is 24.0 Å². The Hall–Kier alpha value is -2.53. The fourth-order valence-electron chi connectivity index (χ4n) is 4.46. The van der Waals surface area contributed by atoms with Crippen molar-refractivity contribution in [2.45, 2.75) is 25.0 Å². The van der Waals surface area contributed by atoms with Crippen molar-refractivity contribution in [3.05, 3.63) is 65.7 Å². The van der Waals surface area contributed by atoms with Gasteiger partial charge in [0, 0.05) is 13.1 Å². The Morgan fingerprint density at radius 2 is 1.81 bits per heavy atom. The molecule has 0 spiro atoms. The first-order valence-corrected chi connectivity index (χ1v) is 9.40. The number of likely N-dealkylation sites (tertiary alicyclic amines) is 1. The van der Waals surface area contributed by atoms with Gasteiger partial charge in [-0.05, 0) is 47.9 Å². The summed E-state index contributed by atoms with van der Waals surface area (Å²) in [5.74, 6) is 1.35. The normalized spacial score (nSPS) is 26.7. The molecule has 0 radical (unpaired) electrons. The summed E-state index contributed by atoms with van der Waals surface area (Å²) in [6.45, 7) is 1.58. The molecule has 27 heavy (non-hydrogen) atoms. The second-order valence-corrected chi connectivity index (χ2v) is 7.64. The van der Waals surface area contributed by atoms with E-state index in [4.69, 9.17) is 9.47 Å². The maximum absolute atomic E-state index is 12.4. The number of nitrogens with zero attached hydrogens (tertiary/aromatic N) is 1. The summed E-state index contributed by atoms with van der Waals surface area (Å²) in [7, 11) is 1.63. The largest absolute Gasteiger partial charge is 0.497 e. The highest BCUT2D eigenvalue weighted by Gasteiger charge is 2.50. The Bertz CT molecular complexity index is 793. The standard InChI is InChI=1S/C22H25NO4/c1-26-20-9-5-8-19(10-20)22(25)11-17-13-23(14-18(17)12-22)21(24)27-15-16-6-3-2-4-7-16/h2-10,17-18,25H,11-15H2,1H3/t17-,18+,22?. The van der Waals surface area contributed by atoms with Crippen molar-refractivity contribution in [1.82, 2.24) is 4.90 Å². The number of methoxy groups -OCH3 is 1. The molecule has 3 atom stereocenters. The van der Waals surface area contributed by atoms with E-state index in [1.165, 1.54) is 0 Å². The lowest BCUT2D eigenvalue weighted by Gasteiger charge is -2.26. The van der Waals surface area contributed by atoms with E-state index < -0.39 is 5.60 Å². The van der Waals surface area contributed by atoms with E-state index in [1.807, 2.05) is 54.6 Å². The molecule has 0 aromatic heterocycles. The summed E-state index contributed by atoms with van der Waals surface area (Å²) < 4.78 is 10.7. The van der Waals surface area contributed by atoms with Crippen LogP contribution < -0.4 is 4.74 Å². The SMILES string of the molecule is COc1cccc(C2(O)C[C@H]3CN(C(=O)OCc4ccccc4)C[C@H]3C2)c1. The van der Waals surface area contributed by atoms with Crippen molar-refractivity contribution in [3.8, 4) is 5.75 Å². The van der Waals surface area contributed by atoms with Gasteiger partial charge in [0.15, 0.2) is 0 Å². The molecule has 1 heterocycles. The maximum atomic E-state index is 12.4. The molecule has 1 unspecified atom stereocenters. The summed E-state index contributed by atoms with van der Waals surface area (Å²) in [4.78, 5) is 14.2. The average Bonchev–Trinajstić information content (AvgIpc) is 3.23. The molecule has 142 valence electrons. The van der Waals surface area contributed by atoms with Crippen LogP contribution in [0.15, 0.2) is 54.6 Å². The second-order valence-electron chi connectivity index (χ2n) is 7.64. The summed E-state index contributed by atoms with van der Waals surface area (Å²) in [6.07, 6.45) is 1.05. The molecule has 2 fully saturated rings. The van der Waals surface area contributed by atoms with Crippen LogP contribution in [-0.2, 0) is 16.9 Å². The minimum absolute atomic E-state index is 0.266. The van der Waals surface area contributed by atoms with E-state index in [-0.39, 0.29) is 6.09 Å². The highest BCUT2D eigenvalue weighted by atomic mass is 16.6. The van der Waals surface area contributed by atoms with Crippen LogP contribution in [0.5, 0.6) is 5.75 Å². The molecule has 2 aromatic carbocycles. The van der Waals surface area contributed by atoms with E-state index in [0.717, 1.165) is 16.9 Å². The molecule has 5 nitrogen and oxygen atoms in total. The van der Waals surface area contributed by atoms with E-state index in [9.17, 15) is 9.90 Å². The van der Waals surface area contributed by atoms with Gasteiger partial charge in [-0.25, -0.2) is 4.79 Å². The highest BCUT2D eigenvalue weighted by molar-refractivity contribution is 5.68. The second kappa shape index (κ2) is 7.24. The predicted octanol–water partition coefficient (Wildman–Crippen LogP) is 3.56. The molecule has 2 aliphatic rings. The zero-order chi connectivity index (χ0) is 18.9. The van der Waals surface area contributed by atoms with Crippen LogP contribution in [0.4, 0.5) is 4.79 Å². The number of fused-ring (bicyclic) bond motifs is 1. The highest BCUT2D eigenvalue weighted by Crippen LogP contribution is 2.49. The number of ether oxygens (including phenoxy) is 2. The Morgan fingerprint density at radius 1 is 1.11 bits per heavy atom. The summed E-state index contributed by atoms with van der Waals surface area (Å²) in [5, 5.41) is 11.2. The van der Waals surface area contributed by atoms with Gasteiger partial charge in [-0.1, -0.05) is 42.5 Å². The Balaban J connectivity index is 1.35. The van der Waals surface area contributed by atoms with Crippen molar-refractivity contribution in [3.63, 3.8) is 0 Å². The molecule has 0 bridgehead atoms. The Labute approximate surface area is 159 Å². The van der Waals surface area contributed by atoms with Crippen molar-refractivity contribution in [2.75, 3.05) is 20.2 Å². The van der Waals surface area contributed by atoms with Crippen molar-refractivity contribution < 1.29 is 19.4 Å². The smallest absolute Gasteiger partial charge is 0.410 e. The van der Waals surface area contributed by atoms with Gasteiger partial charge in [-0.15, -0.1) is 0 Å². The maximum Gasteiger partial charge on any atom is 0.410 e. The lowest BCUT2D eigenvalue weighted by molar-refractivity contribution is 0.0296. The monoisotopic (exact) mass is 367 g/mol. The van der Waals surface area contributed by atoms with E-state index in [1.54, 1.807) is 12.0 Å². The number of aliphatic hydroxyl groups is 1. The van der Waals surface area contributed by atoms with Crippen LogP contribution in [-0.4, -0.2) is 36.3 Å². The minimum Gasteiger partial charge on any atom is -0.497 e. The minimum atomic E-state index is -0.843. The fraction of sp³-hybridized carbons (Fsp3) is 0.409. The van der Waals surface area contributed by atoms with Crippen molar-refractivity contribution in [2.24, 2.45) is 11.8 Å². The average molecular weight is 367 g/mol. The first kappa shape index (κ1) is 17.9. The van der Waals surface area contributed by atoms with E-state index in [2.05, 4.69) is 0 Å². The van der Waals surface area contributed by atoms with Crippen LogP contribution in [0.2, 0.25) is 0 Å². The number of hydrogen-bond donors (Lipinski definition) is 1. The number of benzene rings is 2. The lowest BCUT2D eigenvalue weighted by Crippen LogP contribution is -2.32. The summed E-state index contributed by atoms with van der Waals surface area (Å²) >= 11 is 0. The molecule has 1 aliphatic carbocycles. The number of carbonyl (C=O) groups excluding carboxylic acids is 1. The molecular weight excluding hydrogens is 342 g/mol. The van der Waals surface area contributed by atoms with Gasteiger partial charge in [0.05, 0.1) is 12.7 Å². The molecule has 4 rings (SSSR count). The van der Waals surface area contributed by atoms with Gasteiger partial charge in [-0.2, -0.15) is 0 Å². The quantitative estimate of drug-likeness (QED) is 0.898. The summed E-state index contributed by atoms with van der Waals surface area (Å²) in [6, 6.07) is 17.4. The molecule has 5 heteroatoms. The molecular formula is C22H25NO4. The predicted molar refractivity (Wildman–Crippen MR) is 101 cm³/mol. The molecule has 1 saturated carbocycles. The van der Waals surface area contributed by atoms with Gasteiger partial charge in [-0.3, -0.25) is 0 Å². The van der Waals surface area contributed by atoms with E-state index in [0.29, 0.717) is 44.4 Å². The van der Waals surface area contributed by atoms with Crippen LogP contribution >= 0.6 is 0 Å². The van der Waals surface area contributed by atoms with E-state index >= 15 is 0 Å². The number of rotatable bonds is 4. The van der Waals surface area contributed by atoms with Crippen LogP contribution in [0.25, 0.3) is 0 Å². The number of carbonyl (C=O) groups is 1. The third-order valence-electron chi connectivity index (χ3n) is 5.85. The molecule has 1 saturated heterocycles. The van der Waals surface area contributed by atoms with Crippen LogP contribution in [0, 0.1) is 11.8 Å². The number of amides is 1. The molecule has 1 aliphatic heterocycles. The van der Waals surface area contributed by atoms with Gasteiger partial charge in [0.2, 0.25) is 0 Å². The van der Waals surface area contributed by atoms with Crippen molar-refractivity contribution >= 4 is 6.09 Å². The summed E-state index contributed by atoms with van der Waals surface area (Å²) in [5.41, 5.74) is 1.04. The first-order chi connectivity index (χ1) is 13.1. The topological polar surface area (TPSA) is 59.0 Å². The van der Waals surface area contributed by atoms with Gasteiger partial charge < -0.3 is 19.5 Å². The lowest BCUT2D eigenvalue weighted by atomic mass is 9.90. The zero-order valence-electron chi connectivity index (χ0n) is 15.5. The van der Waals surface area contributed by atoms with Crippen LogP contribution in [0.3, 0.4) is 0 Å². The molecule has 1 N–H and O–H groups in total. The zero-order valence-corrected chi connectivity index (χ0v) is 15.5. The first-order valence-electron chi connectivity index (χ1n) is 9.40. The van der Waals surface area contributed by atoms with Gasteiger partial charge in [0.1, 0.15) is 12.4 Å². The van der Waals surface area contributed by atoms with Crippen molar-refractivity contribution in [1.29, 1.82) is 0 Å². The fourth-order valence-corrected chi connectivity index (χ4v) is 4.46. The third kappa shape index (κ3) is 3.65.